The number of carbonyl (C=O) groups excluding carboxylic acids is 2. The predicted molar refractivity (Wildman–Crippen MR) is 110 cm³/mol. The number of aromatic nitrogens is 2. The molecule has 2 rings (SSSR count). The Morgan fingerprint density at radius 1 is 1.21 bits per heavy atom. The van der Waals surface area contributed by atoms with Crippen LogP contribution in [0.3, 0.4) is 0 Å². The first-order valence-electron chi connectivity index (χ1n) is 9.33. The number of hydrogen-bond acceptors (Lipinski definition) is 6. The lowest BCUT2D eigenvalue weighted by molar-refractivity contribution is -0.155. The summed E-state index contributed by atoms with van der Waals surface area (Å²) in [6.45, 7) is 6.96. The Labute approximate surface area is 170 Å². The quantitative estimate of drug-likeness (QED) is 0.647. The molecule has 0 saturated carbocycles. The Balaban J connectivity index is 1.90. The van der Waals surface area contributed by atoms with Gasteiger partial charge in [-0.3, -0.25) is 4.79 Å². The fourth-order valence-corrected chi connectivity index (χ4v) is 2.57. The van der Waals surface area contributed by atoms with Gasteiger partial charge in [0.15, 0.2) is 24.2 Å². The summed E-state index contributed by atoms with van der Waals surface area (Å²) in [5.41, 5.74) is 0.949. The fourth-order valence-electron chi connectivity index (χ4n) is 2.57. The molecule has 0 unspecified atom stereocenters. The van der Waals surface area contributed by atoms with Crippen molar-refractivity contribution >= 4 is 23.8 Å². The van der Waals surface area contributed by atoms with E-state index >= 15 is 0 Å². The van der Waals surface area contributed by atoms with E-state index in [9.17, 15) is 9.59 Å². The summed E-state index contributed by atoms with van der Waals surface area (Å²) >= 11 is 0. The van der Waals surface area contributed by atoms with Crippen LogP contribution in [0.1, 0.15) is 39.3 Å². The third kappa shape index (κ3) is 6.10. The van der Waals surface area contributed by atoms with E-state index in [2.05, 4.69) is 10.4 Å². The maximum atomic E-state index is 12.3. The average Bonchev–Trinajstić information content (AvgIpc) is 3.15. The number of carbonyl (C=O) groups is 2. The van der Waals surface area contributed by atoms with Crippen molar-refractivity contribution in [2.45, 2.75) is 39.8 Å². The number of rotatable bonds is 9. The summed E-state index contributed by atoms with van der Waals surface area (Å²) in [6, 6.07) is 7.12. The Hall–Kier alpha value is -3.29. The Morgan fingerprint density at radius 3 is 2.62 bits per heavy atom. The van der Waals surface area contributed by atoms with E-state index in [0.29, 0.717) is 17.3 Å². The molecule has 2 aromatic rings. The molecule has 1 heterocycles. The standard InChI is InChI=1S/C21H27N3O5/c1-6-7-16-8-9-17(18(12-16)27-5)28-13-20(25)29-15(4)21(26)23-19-10-11-22-24(19)14(2)3/h6-12,14-15H,13H2,1-5H3,(H,23,26)/b7-6+/t15-/m0/s1. The fraction of sp³-hybridized carbons (Fsp3) is 0.381. The van der Waals surface area contributed by atoms with Gasteiger partial charge in [0.05, 0.1) is 13.3 Å². The molecule has 0 spiro atoms. The van der Waals surface area contributed by atoms with Crippen LogP contribution in [0.2, 0.25) is 0 Å². The van der Waals surface area contributed by atoms with E-state index in [0.717, 1.165) is 5.56 Å². The van der Waals surface area contributed by atoms with Crippen molar-refractivity contribution < 1.29 is 23.8 Å². The third-order valence-electron chi connectivity index (χ3n) is 3.98. The molecule has 0 radical (unpaired) electrons. The zero-order valence-electron chi connectivity index (χ0n) is 17.3. The highest BCUT2D eigenvalue weighted by Crippen LogP contribution is 2.28. The number of hydrogen-bond donors (Lipinski definition) is 1. The van der Waals surface area contributed by atoms with Crippen LogP contribution in [0.25, 0.3) is 6.08 Å². The number of ether oxygens (including phenoxy) is 3. The lowest BCUT2D eigenvalue weighted by atomic mass is 10.2. The van der Waals surface area contributed by atoms with Gasteiger partial charge in [0.2, 0.25) is 0 Å². The molecule has 0 bridgehead atoms. The first-order valence-corrected chi connectivity index (χ1v) is 9.33. The van der Waals surface area contributed by atoms with Gasteiger partial charge < -0.3 is 19.5 Å². The van der Waals surface area contributed by atoms with Gasteiger partial charge in [0.1, 0.15) is 5.82 Å². The molecule has 29 heavy (non-hydrogen) atoms. The van der Waals surface area contributed by atoms with Crippen molar-refractivity contribution in [3.05, 3.63) is 42.1 Å². The Kier molecular flexibility index (Phi) is 7.82. The highest BCUT2D eigenvalue weighted by molar-refractivity contribution is 5.94. The molecular formula is C21H27N3O5. The van der Waals surface area contributed by atoms with Crippen molar-refractivity contribution in [3.8, 4) is 11.5 Å². The predicted octanol–water partition coefficient (Wildman–Crippen LogP) is 3.45. The normalized spacial score (nSPS) is 12.1. The summed E-state index contributed by atoms with van der Waals surface area (Å²) in [5.74, 6) is 0.338. The second-order valence-electron chi connectivity index (χ2n) is 6.58. The summed E-state index contributed by atoms with van der Waals surface area (Å²) in [6.07, 6.45) is 4.44. The molecule has 8 nitrogen and oxygen atoms in total. The van der Waals surface area contributed by atoms with Crippen molar-refractivity contribution in [2.24, 2.45) is 0 Å². The SMILES string of the molecule is C/C=C/c1ccc(OCC(=O)O[C@@H](C)C(=O)Nc2ccnn2C(C)C)c(OC)c1. The van der Waals surface area contributed by atoms with Gasteiger partial charge in [-0.25, -0.2) is 9.48 Å². The maximum absolute atomic E-state index is 12.3. The van der Waals surface area contributed by atoms with Gasteiger partial charge in [-0.15, -0.1) is 0 Å². The second kappa shape index (κ2) is 10.3. The average molecular weight is 401 g/mol. The number of allylic oxidation sites excluding steroid dienone is 1. The van der Waals surface area contributed by atoms with E-state index in [1.165, 1.54) is 14.0 Å². The Morgan fingerprint density at radius 2 is 1.97 bits per heavy atom. The number of esters is 1. The van der Waals surface area contributed by atoms with Gasteiger partial charge in [-0.2, -0.15) is 5.10 Å². The van der Waals surface area contributed by atoms with E-state index in [1.54, 1.807) is 29.1 Å². The summed E-state index contributed by atoms with van der Waals surface area (Å²) in [4.78, 5) is 24.4. The van der Waals surface area contributed by atoms with E-state index in [1.807, 2.05) is 39.0 Å². The monoisotopic (exact) mass is 401 g/mol. The molecule has 1 atom stereocenters. The minimum absolute atomic E-state index is 0.0840. The molecule has 0 aliphatic rings. The topological polar surface area (TPSA) is 91.7 Å². The van der Waals surface area contributed by atoms with Crippen LogP contribution in [0.4, 0.5) is 5.82 Å². The van der Waals surface area contributed by atoms with Gasteiger partial charge in [-0.05, 0) is 45.4 Å². The van der Waals surface area contributed by atoms with E-state index in [4.69, 9.17) is 14.2 Å². The molecule has 0 aliphatic heterocycles. The van der Waals surface area contributed by atoms with Crippen molar-refractivity contribution in [1.29, 1.82) is 0 Å². The Bertz CT molecular complexity index is 873. The molecule has 8 heteroatoms. The van der Waals surface area contributed by atoms with Crippen molar-refractivity contribution in [2.75, 3.05) is 19.0 Å². The van der Waals surface area contributed by atoms with Crippen LogP contribution in [0.5, 0.6) is 11.5 Å². The van der Waals surface area contributed by atoms with Crippen LogP contribution in [0.15, 0.2) is 36.5 Å². The zero-order valence-corrected chi connectivity index (χ0v) is 17.3. The maximum Gasteiger partial charge on any atom is 0.344 e. The van der Waals surface area contributed by atoms with Crippen LogP contribution >= 0.6 is 0 Å². The summed E-state index contributed by atoms with van der Waals surface area (Å²) in [7, 11) is 1.52. The van der Waals surface area contributed by atoms with E-state index in [-0.39, 0.29) is 12.6 Å². The second-order valence-corrected chi connectivity index (χ2v) is 6.58. The van der Waals surface area contributed by atoms with Crippen LogP contribution < -0.4 is 14.8 Å². The third-order valence-corrected chi connectivity index (χ3v) is 3.98. The van der Waals surface area contributed by atoms with Crippen LogP contribution in [-0.2, 0) is 14.3 Å². The number of nitrogens with zero attached hydrogens (tertiary/aromatic N) is 2. The number of benzene rings is 1. The van der Waals surface area contributed by atoms with Gasteiger partial charge in [-0.1, -0.05) is 18.2 Å². The first-order chi connectivity index (χ1) is 13.8. The van der Waals surface area contributed by atoms with E-state index < -0.39 is 18.0 Å². The van der Waals surface area contributed by atoms with Gasteiger partial charge in [0, 0.05) is 12.1 Å². The lowest BCUT2D eigenvalue weighted by Gasteiger charge is -2.16. The highest BCUT2D eigenvalue weighted by Gasteiger charge is 2.20. The van der Waals surface area contributed by atoms with Gasteiger partial charge >= 0.3 is 5.97 Å². The molecule has 1 amide bonds. The molecule has 0 saturated heterocycles. The van der Waals surface area contributed by atoms with Crippen molar-refractivity contribution in [3.63, 3.8) is 0 Å². The highest BCUT2D eigenvalue weighted by atomic mass is 16.6. The molecule has 0 fully saturated rings. The smallest absolute Gasteiger partial charge is 0.344 e. The molecular weight excluding hydrogens is 374 g/mol. The summed E-state index contributed by atoms with van der Waals surface area (Å²) in [5, 5.41) is 6.85. The molecule has 1 aromatic heterocycles. The largest absolute Gasteiger partial charge is 0.493 e. The zero-order chi connectivity index (χ0) is 21.4. The number of nitrogens with one attached hydrogen (secondary N) is 1. The lowest BCUT2D eigenvalue weighted by Crippen LogP contribution is -2.32. The first kappa shape index (κ1) is 22.0. The number of amides is 1. The molecule has 156 valence electrons. The minimum atomic E-state index is -0.986. The molecule has 1 N–H and O–H groups in total. The summed E-state index contributed by atoms with van der Waals surface area (Å²) < 4.78 is 17.6. The molecule has 1 aromatic carbocycles. The van der Waals surface area contributed by atoms with Crippen LogP contribution in [0, 0.1) is 0 Å². The molecule has 0 aliphatic carbocycles. The van der Waals surface area contributed by atoms with Crippen molar-refractivity contribution in [1.82, 2.24) is 9.78 Å². The number of methoxy groups -OCH3 is 1. The van der Waals surface area contributed by atoms with Crippen LogP contribution in [-0.4, -0.2) is 41.5 Å². The number of anilines is 1. The van der Waals surface area contributed by atoms with Gasteiger partial charge in [0.25, 0.3) is 5.91 Å². The minimum Gasteiger partial charge on any atom is -0.493 e.